The van der Waals surface area contributed by atoms with Crippen LogP contribution < -0.4 is 30.7 Å². The molecule has 0 aliphatic carbocycles. The van der Waals surface area contributed by atoms with E-state index in [1.54, 1.807) is 31.3 Å². The number of nitrogens with zero attached hydrogens (tertiary/aromatic N) is 1. The first-order valence-electron chi connectivity index (χ1n) is 10.7. The van der Waals surface area contributed by atoms with Crippen LogP contribution in [0.25, 0.3) is 0 Å². The average molecular weight is 503 g/mol. The Morgan fingerprint density at radius 3 is 2.47 bits per heavy atom. The van der Waals surface area contributed by atoms with Gasteiger partial charge in [0.2, 0.25) is 0 Å². The fourth-order valence-corrected chi connectivity index (χ4v) is 2.98. The first-order chi connectivity index (χ1) is 17.2. The molecule has 3 amide bonds. The van der Waals surface area contributed by atoms with Gasteiger partial charge in [0.15, 0.2) is 0 Å². The number of hydrogen-bond donors (Lipinski definition) is 4. The van der Waals surface area contributed by atoms with Crippen molar-refractivity contribution in [2.75, 3.05) is 37.9 Å². The number of pyridine rings is 1. The molecule has 1 heterocycles. The highest BCUT2D eigenvalue weighted by Crippen LogP contribution is 2.35. The van der Waals surface area contributed by atoms with Crippen LogP contribution in [0.4, 0.5) is 29.3 Å². The van der Waals surface area contributed by atoms with Crippen molar-refractivity contribution >= 4 is 23.3 Å². The van der Waals surface area contributed by atoms with E-state index in [2.05, 4.69) is 26.3 Å². The zero-order valence-electron chi connectivity index (χ0n) is 19.4. The summed E-state index contributed by atoms with van der Waals surface area (Å²) in [5.41, 5.74) is -0.584. The summed E-state index contributed by atoms with van der Waals surface area (Å²) in [5, 5.41) is 10.3. The number of amides is 3. The van der Waals surface area contributed by atoms with Crippen molar-refractivity contribution in [3.05, 3.63) is 72.1 Å². The number of nitrogens with one attached hydrogen (secondary N) is 4. The van der Waals surface area contributed by atoms with Gasteiger partial charge < -0.3 is 30.7 Å². The number of urea groups is 1. The van der Waals surface area contributed by atoms with Crippen LogP contribution >= 0.6 is 0 Å². The summed E-state index contributed by atoms with van der Waals surface area (Å²) in [6.07, 6.45) is -3.17. The normalized spacial score (nSPS) is 10.9. The van der Waals surface area contributed by atoms with Crippen molar-refractivity contribution in [1.82, 2.24) is 15.6 Å². The molecule has 0 unspecified atom stereocenters. The molecular formula is C24H24F3N5O4. The van der Waals surface area contributed by atoms with E-state index in [9.17, 15) is 22.8 Å². The van der Waals surface area contributed by atoms with Gasteiger partial charge in [0, 0.05) is 37.6 Å². The zero-order valence-corrected chi connectivity index (χ0v) is 19.4. The van der Waals surface area contributed by atoms with Crippen molar-refractivity contribution in [2.45, 2.75) is 6.18 Å². The fourth-order valence-electron chi connectivity index (χ4n) is 2.98. The lowest BCUT2D eigenvalue weighted by Gasteiger charge is -2.16. The van der Waals surface area contributed by atoms with Crippen LogP contribution in [0.5, 0.6) is 17.2 Å². The predicted octanol–water partition coefficient (Wildman–Crippen LogP) is 4.49. The Hall–Kier alpha value is -4.32. The summed E-state index contributed by atoms with van der Waals surface area (Å²) in [4.78, 5) is 28.3. The quantitative estimate of drug-likeness (QED) is 0.320. The number of alkyl halides is 3. The maximum atomic E-state index is 13.2. The monoisotopic (exact) mass is 503 g/mol. The van der Waals surface area contributed by atoms with E-state index < -0.39 is 17.8 Å². The van der Waals surface area contributed by atoms with Crippen LogP contribution in [0.1, 0.15) is 16.1 Å². The van der Waals surface area contributed by atoms with Gasteiger partial charge in [-0.25, -0.2) is 4.79 Å². The lowest BCUT2D eigenvalue weighted by molar-refractivity contribution is -0.137. The van der Waals surface area contributed by atoms with Gasteiger partial charge in [-0.05, 0) is 43.4 Å². The molecule has 0 bridgehead atoms. The number of rotatable bonds is 9. The summed E-state index contributed by atoms with van der Waals surface area (Å²) >= 11 is 0. The molecule has 0 atom stereocenters. The molecule has 0 saturated heterocycles. The van der Waals surface area contributed by atoms with Gasteiger partial charge in [-0.3, -0.25) is 9.78 Å². The van der Waals surface area contributed by atoms with Crippen LogP contribution in [0.15, 0.2) is 60.8 Å². The second-order valence-electron chi connectivity index (χ2n) is 7.33. The highest BCUT2D eigenvalue weighted by atomic mass is 19.4. The third kappa shape index (κ3) is 7.34. The molecule has 4 N–H and O–H groups in total. The highest BCUT2D eigenvalue weighted by molar-refractivity contribution is 6.00. The van der Waals surface area contributed by atoms with Gasteiger partial charge in [-0.2, -0.15) is 13.2 Å². The van der Waals surface area contributed by atoms with Crippen LogP contribution in [0.2, 0.25) is 0 Å². The lowest BCUT2D eigenvalue weighted by Crippen LogP contribution is -2.21. The second-order valence-corrected chi connectivity index (χ2v) is 7.33. The summed E-state index contributed by atoms with van der Waals surface area (Å²) in [5.74, 6) is 0.404. The second kappa shape index (κ2) is 11.9. The van der Waals surface area contributed by atoms with Gasteiger partial charge in [-0.15, -0.1) is 0 Å². The van der Waals surface area contributed by atoms with Crippen LogP contribution in [-0.4, -0.2) is 44.2 Å². The Balaban J connectivity index is 1.73. The zero-order chi connectivity index (χ0) is 26.1. The lowest BCUT2D eigenvalue weighted by atomic mass is 10.2. The van der Waals surface area contributed by atoms with E-state index in [4.69, 9.17) is 9.47 Å². The van der Waals surface area contributed by atoms with Gasteiger partial charge >= 0.3 is 12.2 Å². The van der Waals surface area contributed by atoms with E-state index in [-0.39, 0.29) is 29.6 Å². The molecule has 2 aromatic carbocycles. The summed E-state index contributed by atoms with van der Waals surface area (Å²) in [7, 11) is 3.19. The molecule has 1 aromatic heterocycles. The maximum absolute atomic E-state index is 13.2. The minimum absolute atomic E-state index is 0.0927. The Bertz CT molecular complexity index is 1220. The Morgan fingerprint density at radius 1 is 0.972 bits per heavy atom. The van der Waals surface area contributed by atoms with Crippen molar-refractivity contribution in [2.24, 2.45) is 0 Å². The van der Waals surface area contributed by atoms with E-state index in [0.29, 0.717) is 23.7 Å². The van der Waals surface area contributed by atoms with Gasteiger partial charge in [0.25, 0.3) is 5.91 Å². The molecular weight excluding hydrogens is 479 g/mol. The minimum Gasteiger partial charge on any atom is -0.490 e. The largest absolute Gasteiger partial charge is 0.490 e. The van der Waals surface area contributed by atoms with Gasteiger partial charge in [0.05, 0.1) is 11.3 Å². The molecule has 0 aliphatic rings. The van der Waals surface area contributed by atoms with Crippen LogP contribution in [0, 0.1) is 0 Å². The number of hydrogen-bond acceptors (Lipinski definition) is 6. The van der Waals surface area contributed by atoms with Crippen molar-refractivity contribution in [3.63, 3.8) is 0 Å². The number of ether oxygens (including phenoxy) is 2. The molecule has 0 radical (unpaired) electrons. The van der Waals surface area contributed by atoms with E-state index in [1.165, 1.54) is 25.4 Å². The molecule has 0 spiro atoms. The SMILES string of the molecule is CNCCOc1ccc(C(F)(F)F)cc1NC(=O)Nc1cccc(Oc2ccnc(C(=O)NC)c2)c1. The number of likely N-dealkylation sites (N-methyl/N-ethyl adjacent to an activating group) is 1. The number of halogens is 3. The Morgan fingerprint density at radius 2 is 1.75 bits per heavy atom. The smallest absolute Gasteiger partial charge is 0.416 e. The molecule has 9 nitrogen and oxygen atoms in total. The van der Waals surface area contributed by atoms with E-state index in [1.807, 2.05) is 0 Å². The molecule has 0 fully saturated rings. The maximum Gasteiger partial charge on any atom is 0.416 e. The van der Waals surface area contributed by atoms with Crippen molar-refractivity contribution in [1.29, 1.82) is 0 Å². The highest BCUT2D eigenvalue weighted by Gasteiger charge is 2.31. The number of carbonyl (C=O) groups excluding carboxylic acids is 2. The average Bonchev–Trinajstić information content (AvgIpc) is 2.84. The molecule has 12 heteroatoms. The topological polar surface area (TPSA) is 114 Å². The number of carbonyl (C=O) groups is 2. The van der Waals surface area contributed by atoms with Crippen LogP contribution in [0.3, 0.4) is 0 Å². The Labute approximate surface area is 205 Å². The van der Waals surface area contributed by atoms with Gasteiger partial charge in [-0.1, -0.05) is 6.07 Å². The molecule has 36 heavy (non-hydrogen) atoms. The third-order valence-corrected chi connectivity index (χ3v) is 4.68. The van der Waals surface area contributed by atoms with E-state index >= 15 is 0 Å². The number of anilines is 2. The number of benzene rings is 2. The van der Waals surface area contributed by atoms with Crippen molar-refractivity contribution < 1.29 is 32.2 Å². The predicted molar refractivity (Wildman–Crippen MR) is 128 cm³/mol. The summed E-state index contributed by atoms with van der Waals surface area (Å²) in [6, 6.07) is 11.4. The van der Waals surface area contributed by atoms with Gasteiger partial charge in [0.1, 0.15) is 29.5 Å². The van der Waals surface area contributed by atoms with E-state index in [0.717, 1.165) is 18.2 Å². The molecule has 0 aliphatic heterocycles. The minimum atomic E-state index is -4.59. The first-order valence-corrected chi connectivity index (χ1v) is 10.7. The first kappa shape index (κ1) is 26.3. The standard InChI is InChI=1S/C24H24F3N5O4/c1-28-10-11-35-21-7-6-15(24(25,26)27)12-19(21)32-23(34)31-16-4-3-5-17(13-16)36-18-8-9-30-20(14-18)22(33)29-2/h3-9,12-14,28H,10-11H2,1-2H3,(H,29,33)(H2,31,32,34). The fraction of sp³-hybridized carbons (Fsp3) is 0.208. The summed E-state index contributed by atoms with van der Waals surface area (Å²) in [6.45, 7) is 0.649. The molecule has 190 valence electrons. The van der Waals surface area contributed by atoms with Crippen LogP contribution in [-0.2, 0) is 6.18 Å². The Kier molecular flexibility index (Phi) is 8.68. The molecule has 0 saturated carbocycles. The molecule has 3 rings (SSSR count). The summed E-state index contributed by atoms with van der Waals surface area (Å²) < 4.78 is 50.8. The third-order valence-electron chi connectivity index (χ3n) is 4.68. The van der Waals surface area contributed by atoms with Crippen molar-refractivity contribution in [3.8, 4) is 17.2 Å². The number of aromatic nitrogens is 1. The molecule has 3 aromatic rings.